The first-order valence-electron chi connectivity index (χ1n) is 7.37. The zero-order chi connectivity index (χ0) is 17.1. The van der Waals surface area contributed by atoms with Crippen molar-refractivity contribution in [2.24, 2.45) is 0 Å². The number of aryl methyl sites for hydroxylation is 1. The number of carbonyl (C=O) groups is 1. The number of benzene rings is 1. The molecule has 4 nitrogen and oxygen atoms in total. The molecule has 0 atom stereocenters. The number of carbonyl (C=O) groups excluding carboxylic acids is 1. The van der Waals surface area contributed by atoms with Crippen LogP contribution in [0.25, 0.3) is 0 Å². The molecule has 0 aliphatic carbocycles. The molecule has 1 aromatic heterocycles. The highest BCUT2D eigenvalue weighted by molar-refractivity contribution is 7.99. The molecule has 0 N–H and O–H groups in total. The van der Waals surface area contributed by atoms with Gasteiger partial charge in [0.05, 0.1) is 11.2 Å². The average Bonchev–Trinajstić information content (AvgIpc) is 2.89. The third kappa shape index (κ3) is 3.84. The Morgan fingerprint density at radius 2 is 1.87 bits per heavy atom. The van der Waals surface area contributed by atoms with Gasteiger partial charge in [-0.1, -0.05) is 41.0 Å². The Labute approximate surface area is 150 Å². The summed E-state index contributed by atoms with van der Waals surface area (Å²) in [4.78, 5) is 15.1. The molecule has 0 bridgehead atoms. The van der Waals surface area contributed by atoms with Crippen molar-refractivity contribution in [3.05, 3.63) is 39.5 Å². The lowest BCUT2D eigenvalue weighted by atomic mass is 10.1. The molecular weight excluding hydrogens is 353 g/mol. The fourth-order valence-electron chi connectivity index (χ4n) is 2.20. The fourth-order valence-corrected chi connectivity index (χ4v) is 3.62. The van der Waals surface area contributed by atoms with E-state index < -0.39 is 0 Å². The molecule has 0 spiro atoms. The Morgan fingerprint density at radius 1 is 1.22 bits per heavy atom. The van der Waals surface area contributed by atoms with Gasteiger partial charge in [-0.25, -0.2) is 4.79 Å². The fraction of sp³-hybridized carbons (Fsp3) is 0.375. The molecule has 0 aliphatic rings. The predicted octanol–water partition coefficient (Wildman–Crippen LogP) is 5.27. The minimum absolute atomic E-state index is 0.178. The molecule has 2 rings (SSSR count). The van der Waals surface area contributed by atoms with Crippen LogP contribution >= 0.6 is 35.0 Å². The van der Waals surface area contributed by atoms with Gasteiger partial charge in [-0.3, -0.25) is 0 Å². The minimum Gasteiger partial charge on any atom is -0.323 e. The molecule has 0 saturated carbocycles. The zero-order valence-corrected chi connectivity index (χ0v) is 15.9. The van der Waals surface area contributed by atoms with E-state index >= 15 is 0 Å². The normalized spacial score (nSPS) is 10.9. The Kier molecular flexibility index (Phi) is 6.00. The first kappa shape index (κ1) is 18.2. The second kappa shape index (κ2) is 7.60. The summed E-state index contributed by atoms with van der Waals surface area (Å²) in [7, 11) is 0. The minimum atomic E-state index is -0.178. The van der Waals surface area contributed by atoms with Gasteiger partial charge in [-0.05, 0) is 44.9 Å². The Hall–Kier alpha value is -1.17. The van der Waals surface area contributed by atoms with Crippen LogP contribution in [0.15, 0.2) is 28.3 Å². The van der Waals surface area contributed by atoms with Gasteiger partial charge in [0, 0.05) is 23.0 Å². The SMILES string of the molecule is CCN(CC)C(=O)n1cc(Cl)c(Sc2c(C)ccc(Cl)c2C)n1. The number of amides is 1. The van der Waals surface area contributed by atoms with Crippen molar-refractivity contribution in [3.63, 3.8) is 0 Å². The van der Waals surface area contributed by atoms with E-state index in [-0.39, 0.29) is 6.03 Å². The van der Waals surface area contributed by atoms with E-state index in [1.165, 1.54) is 16.4 Å². The van der Waals surface area contributed by atoms with Crippen LogP contribution in [0.5, 0.6) is 0 Å². The average molecular weight is 372 g/mol. The summed E-state index contributed by atoms with van der Waals surface area (Å²) in [6.45, 7) is 9.09. The molecule has 2 aromatic rings. The summed E-state index contributed by atoms with van der Waals surface area (Å²) in [5.74, 6) is 0. The summed E-state index contributed by atoms with van der Waals surface area (Å²) < 4.78 is 1.30. The zero-order valence-electron chi connectivity index (χ0n) is 13.6. The maximum atomic E-state index is 12.4. The molecule has 1 heterocycles. The van der Waals surface area contributed by atoms with E-state index in [9.17, 15) is 4.79 Å². The molecule has 0 fully saturated rings. The predicted molar refractivity (Wildman–Crippen MR) is 96.0 cm³/mol. The first-order valence-corrected chi connectivity index (χ1v) is 8.94. The quantitative estimate of drug-likeness (QED) is 0.734. The number of hydrogen-bond acceptors (Lipinski definition) is 3. The van der Waals surface area contributed by atoms with Crippen LogP contribution < -0.4 is 0 Å². The number of aromatic nitrogens is 2. The number of hydrogen-bond donors (Lipinski definition) is 0. The van der Waals surface area contributed by atoms with Crippen LogP contribution in [0, 0.1) is 13.8 Å². The van der Waals surface area contributed by atoms with Gasteiger partial charge in [-0.15, -0.1) is 0 Å². The number of nitrogens with zero attached hydrogens (tertiary/aromatic N) is 3. The monoisotopic (exact) mass is 371 g/mol. The van der Waals surface area contributed by atoms with Crippen molar-refractivity contribution in [2.45, 2.75) is 37.6 Å². The van der Waals surface area contributed by atoms with E-state index in [2.05, 4.69) is 5.10 Å². The van der Waals surface area contributed by atoms with Gasteiger partial charge < -0.3 is 4.90 Å². The molecule has 0 unspecified atom stereocenters. The second-order valence-corrected chi connectivity index (χ2v) is 6.92. The van der Waals surface area contributed by atoms with Gasteiger partial charge in [0.2, 0.25) is 0 Å². The second-order valence-electron chi connectivity index (χ2n) is 5.10. The summed E-state index contributed by atoms with van der Waals surface area (Å²) >= 11 is 13.9. The van der Waals surface area contributed by atoms with Crippen LogP contribution in [0.1, 0.15) is 25.0 Å². The molecule has 0 radical (unpaired) electrons. The molecule has 0 saturated heterocycles. The largest absolute Gasteiger partial charge is 0.344 e. The van der Waals surface area contributed by atoms with Crippen molar-refractivity contribution in [1.29, 1.82) is 0 Å². The lowest BCUT2D eigenvalue weighted by Gasteiger charge is -2.17. The summed E-state index contributed by atoms with van der Waals surface area (Å²) in [5.41, 5.74) is 2.08. The lowest BCUT2D eigenvalue weighted by molar-refractivity contribution is 0.201. The van der Waals surface area contributed by atoms with E-state index in [1.54, 1.807) is 11.1 Å². The molecule has 124 valence electrons. The third-order valence-corrected chi connectivity index (χ3v) is 5.73. The smallest absolute Gasteiger partial charge is 0.323 e. The summed E-state index contributed by atoms with van der Waals surface area (Å²) in [5, 5.41) is 6.10. The van der Waals surface area contributed by atoms with Crippen molar-refractivity contribution in [1.82, 2.24) is 14.7 Å². The van der Waals surface area contributed by atoms with Gasteiger partial charge in [0.1, 0.15) is 5.03 Å². The van der Waals surface area contributed by atoms with E-state index in [1.807, 2.05) is 39.8 Å². The third-order valence-electron chi connectivity index (χ3n) is 3.60. The van der Waals surface area contributed by atoms with Crippen molar-refractivity contribution < 1.29 is 4.79 Å². The Balaban J connectivity index is 2.33. The van der Waals surface area contributed by atoms with Crippen LogP contribution in [0.3, 0.4) is 0 Å². The molecular formula is C16H19Cl2N3OS. The molecule has 0 aliphatic heterocycles. The van der Waals surface area contributed by atoms with Gasteiger partial charge in [-0.2, -0.15) is 9.78 Å². The van der Waals surface area contributed by atoms with Gasteiger partial charge in [0.25, 0.3) is 0 Å². The molecule has 23 heavy (non-hydrogen) atoms. The summed E-state index contributed by atoms with van der Waals surface area (Å²) in [6, 6.07) is 3.66. The Morgan fingerprint density at radius 3 is 2.48 bits per heavy atom. The highest BCUT2D eigenvalue weighted by Gasteiger charge is 2.18. The van der Waals surface area contributed by atoms with E-state index in [0.29, 0.717) is 28.2 Å². The van der Waals surface area contributed by atoms with Crippen molar-refractivity contribution in [3.8, 4) is 0 Å². The van der Waals surface area contributed by atoms with Crippen molar-refractivity contribution >= 4 is 41.0 Å². The lowest BCUT2D eigenvalue weighted by Crippen LogP contribution is -2.34. The first-order chi connectivity index (χ1) is 10.9. The highest BCUT2D eigenvalue weighted by atomic mass is 35.5. The molecule has 1 amide bonds. The van der Waals surface area contributed by atoms with Crippen LogP contribution in [-0.2, 0) is 0 Å². The standard InChI is InChI=1S/C16H19Cl2N3OS/c1-5-20(6-2)16(22)21-9-13(18)15(19-21)23-14-10(3)7-8-12(17)11(14)4/h7-9H,5-6H2,1-4H3. The van der Waals surface area contributed by atoms with Crippen molar-refractivity contribution in [2.75, 3.05) is 13.1 Å². The number of halogens is 2. The van der Waals surface area contributed by atoms with E-state index in [0.717, 1.165) is 16.0 Å². The van der Waals surface area contributed by atoms with Crippen LogP contribution in [0.2, 0.25) is 10.0 Å². The van der Waals surface area contributed by atoms with Gasteiger partial charge >= 0.3 is 6.03 Å². The van der Waals surface area contributed by atoms with Crippen LogP contribution in [-0.4, -0.2) is 33.8 Å². The van der Waals surface area contributed by atoms with Crippen LogP contribution in [0.4, 0.5) is 4.79 Å². The molecule has 1 aromatic carbocycles. The number of rotatable bonds is 4. The van der Waals surface area contributed by atoms with Gasteiger partial charge in [0.15, 0.2) is 0 Å². The summed E-state index contributed by atoms with van der Waals surface area (Å²) in [6.07, 6.45) is 1.56. The van der Waals surface area contributed by atoms with E-state index in [4.69, 9.17) is 23.2 Å². The maximum Gasteiger partial charge on any atom is 0.344 e. The Bertz CT molecular complexity index is 726. The highest BCUT2D eigenvalue weighted by Crippen LogP contribution is 2.38. The molecule has 7 heteroatoms. The topological polar surface area (TPSA) is 38.1 Å². The maximum absolute atomic E-state index is 12.4.